The van der Waals surface area contributed by atoms with Crippen molar-refractivity contribution in [2.75, 3.05) is 5.01 Å². The van der Waals surface area contributed by atoms with Crippen LogP contribution in [-0.4, -0.2) is 17.1 Å². The van der Waals surface area contributed by atoms with E-state index in [1.807, 2.05) is 0 Å². The highest BCUT2D eigenvalue weighted by molar-refractivity contribution is 5.95. The second kappa shape index (κ2) is 4.17. The van der Waals surface area contributed by atoms with Crippen molar-refractivity contribution in [1.82, 2.24) is 0 Å². The lowest BCUT2D eigenvalue weighted by atomic mass is 10.3. The maximum atomic E-state index is 12.0. The molecule has 0 fully saturated rings. The quantitative estimate of drug-likeness (QED) is 0.578. The second-order valence-corrected chi connectivity index (χ2v) is 2.69. The first-order valence-corrected chi connectivity index (χ1v) is 3.94. The highest BCUT2D eigenvalue weighted by atomic mass is 19.4. The normalized spacial score (nSPS) is 10.9. The summed E-state index contributed by atoms with van der Waals surface area (Å²) < 4.78 is 36.1. The molecular formula is C8H5F3N2O3. The van der Waals surface area contributed by atoms with Crippen LogP contribution in [0.25, 0.3) is 0 Å². The Bertz CT molecular complexity index is 405. The number of hydrogen-bond acceptors (Lipinski definition) is 3. The molecule has 1 aromatic rings. The van der Waals surface area contributed by atoms with Gasteiger partial charge in [-0.3, -0.25) is 4.79 Å². The molecule has 0 aliphatic heterocycles. The van der Waals surface area contributed by atoms with Gasteiger partial charge in [0.2, 0.25) is 0 Å². The number of nitrogens with zero attached hydrogens (tertiary/aromatic N) is 2. The number of hydrogen-bond donors (Lipinski definition) is 0. The SMILES string of the molecule is O=C(N(c1ccccc1)[N+](=O)[O-])C(F)(F)F. The molecule has 5 nitrogen and oxygen atoms in total. The second-order valence-electron chi connectivity index (χ2n) is 2.69. The number of rotatable bonds is 2. The highest BCUT2D eigenvalue weighted by Crippen LogP contribution is 2.23. The van der Waals surface area contributed by atoms with Gasteiger partial charge in [-0.25, -0.2) is 10.1 Å². The lowest BCUT2D eigenvalue weighted by Gasteiger charge is -2.13. The Morgan fingerprint density at radius 1 is 1.25 bits per heavy atom. The first-order valence-electron chi connectivity index (χ1n) is 3.94. The van der Waals surface area contributed by atoms with Crippen LogP contribution in [0.4, 0.5) is 18.9 Å². The van der Waals surface area contributed by atoms with Crippen molar-refractivity contribution >= 4 is 11.6 Å². The molecule has 0 aromatic heterocycles. The van der Waals surface area contributed by atoms with Crippen LogP contribution < -0.4 is 5.01 Å². The van der Waals surface area contributed by atoms with Crippen molar-refractivity contribution in [2.24, 2.45) is 0 Å². The fourth-order valence-corrected chi connectivity index (χ4v) is 0.975. The molecule has 0 radical (unpaired) electrons. The van der Waals surface area contributed by atoms with E-state index in [9.17, 15) is 28.1 Å². The number of para-hydroxylation sites is 1. The van der Waals surface area contributed by atoms with Gasteiger partial charge in [-0.1, -0.05) is 18.2 Å². The van der Waals surface area contributed by atoms with Gasteiger partial charge in [-0.05, 0) is 17.1 Å². The van der Waals surface area contributed by atoms with Crippen LogP contribution in [0.1, 0.15) is 0 Å². The highest BCUT2D eigenvalue weighted by Gasteiger charge is 2.48. The van der Waals surface area contributed by atoms with Crippen LogP contribution in [0.5, 0.6) is 0 Å². The van der Waals surface area contributed by atoms with Gasteiger partial charge in [0.05, 0.1) is 0 Å². The predicted molar refractivity (Wildman–Crippen MR) is 47.0 cm³/mol. The Balaban J connectivity index is 3.12. The molecule has 8 heteroatoms. The summed E-state index contributed by atoms with van der Waals surface area (Å²) >= 11 is 0. The molecule has 0 N–H and O–H groups in total. The molecule has 1 rings (SSSR count). The number of carbonyl (C=O) groups is 1. The third kappa shape index (κ3) is 2.47. The van der Waals surface area contributed by atoms with Crippen molar-refractivity contribution in [3.63, 3.8) is 0 Å². The fourth-order valence-electron chi connectivity index (χ4n) is 0.975. The van der Waals surface area contributed by atoms with Gasteiger partial charge >= 0.3 is 12.1 Å². The van der Waals surface area contributed by atoms with E-state index in [0.29, 0.717) is 0 Å². The number of carbonyl (C=O) groups excluding carboxylic acids is 1. The minimum absolute atomic E-state index is 0.449. The van der Waals surface area contributed by atoms with Gasteiger partial charge in [0.1, 0.15) is 5.69 Å². The summed E-state index contributed by atoms with van der Waals surface area (Å²) in [4.78, 5) is 21.2. The molecule has 0 bridgehead atoms. The molecule has 0 aliphatic rings. The first kappa shape index (κ1) is 12.0. The van der Waals surface area contributed by atoms with Crippen molar-refractivity contribution in [1.29, 1.82) is 0 Å². The van der Waals surface area contributed by atoms with E-state index in [2.05, 4.69) is 0 Å². The summed E-state index contributed by atoms with van der Waals surface area (Å²) in [5.41, 5.74) is -0.449. The number of nitro groups is 1. The maximum Gasteiger partial charge on any atom is 0.477 e. The minimum Gasteiger partial charge on any atom is -0.258 e. The Labute approximate surface area is 87.2 Å². The number of alkyl halides is 3. The molecule has 1 amide bonds. The van der Waals surface area contributed by atoms with Crippen LogP contribution in [-0.2, 0) is 4.79 Å². The minimum atomic E-state index is -5.29. The van der Waals surface area contributed by atoms with Crippen LogP contribution in [0.15, 0.2) is 30.3 Å². The Morgan fingerprint density at radius 3 is 2.12 bits per heavy atom. The van der Waals surface area contributed by atoms with Gasteiger partial charge in [-0.15, -0.1) is 0 Å². The van der Waals surface area contributed by atoms with Crippen LogP contribution in [0.3, 0.4) is 0 Å². The monoisotopic (exact) mass is 234 g/mol. The molecule has 0 saturated carbocycles. The molecule has 0 heterocycles. The third-order valence-corrected chi connectivity index (χ3v) is 1.60. The van der Waals surface area contributed by atoms with Crippen molar-refractivity contribution in [3.8, 4) is 0 Å². The summed E-state index contributed by atoms with van der Waals surface area (Å²) in [7, 11) is 0. The molecule has 16 heavy (non-hydrogen) atoms. The van der Waals surface area contributed by atoms with E-state index in [0.717, 1.165) is 12.1 Å². The molecular weight excluding hydrogens is 229 g/mol. The topological polar surface area (TPSA) is 63.5 Å². The average Bonchev–Trinajstić information content (AvgIpc) is 2.17. The van der Waals surface area contributed by atoms with Gasteiger partial charge in [0.25, 0.3) is 0 Å². The number of hydrazine groups is 1. The number of amides is 1. The largest absolute Gasteiger partial charge is 0.477 e. The number of anilines is 1. The zero-order valence-electron chi connectivity index (χ0n) is 7.64. The van der Waals surface area contributed by atoms with Gasteiger partial charge < -0.3 is 0 Å². The molecule has 0 aliphatic carbocycles. The van der Waals surface area contributed by atoms with Gasteiger partial charge in [0, 0.05) is 0 Å². The van der Waals surface area contributed by atoms with Crippen LogP contribution in [0, 0.1) is 10.1 Å². The van der Waals surface area contributed by atoms with E-state index >= 15 is 0 Å². The smallest absolute Gasteiger partial charge is 0.258 e. The summed E-state index contributed by atoms with van der Waals surface area (Å²) in [5.74, 6) is -2.54. The van der Waals surface area contributed by atoms with E-state index in [1.54, 1.807) is 0 Å². The average molecular weight is 234 g/mol. The first-order chi connectivity index (χ1) is 7.34. The third-order valence-electron chi connectivity index (χ3n) is 1.60. The van der Waals surface area contributed by atoms with Crippen molar-refractivity contribution in [2.45, 2.75) is 6.18 Å². The summed E-state index contributed by atoms with van der Waals surface area (Å²) in [6.45, 7) is 0. The van der Waals surface area contributed by atoms with Crippen molar-refractivity contribution in [3.05, 3.63) is 40.4 Å². The van der Waals surface area contributed by atoms with E-state index in [-0.39, 0.29) is 0 Å². The molecule has 0 unspecified atom stereocenters. The van der Waals surface area contributed by atoms with Crippen LogP contribution in [0.2, 0.25) is 0 Å². The maximum absolute atomic E-state index is 12.0. The summed E-state index contributed by atoms with van der Waals surface area (Å²) in [6.07, 6.45) is -5.29. The molecule has 1 aromatic carbocycles. The fraction of sp³-hybridized carbons (Fsp3) is 0.125. The zero-order valence-corrected chi connectivity index (χ0v) is 7.64. The molecule has 0 spiro atoms. The number of benzene rings is 1. The Kier molecular flexibility index (Phi) is 3.11. The summed E-state index contributed by atoms with van der Waals surface area (Å²) in [5, 5.41) is 8.45. The van der Waals surface area contributed by atoms with Gasteiger partial charge in [-0.2, -0.15) is 13.2 Å². The molecule has 0 saturated heterocycles. The molecule has 0 atom stereocenters. The van der Waals surface area contributed by atoms with E-state index < -0.39 is 27.8 Å². The van der Waals surface area contributed by atoms with Gasteiger partial charge in [0.15, 0.2) is 5.03 Å². The van der Waals surface area contributed by atoms with Crippen molar-refractivity contribution < 1.29 is 23.0 Å². The predicted octanol–water partition coefficient (Wildman–Crippen LogP) is 1.77. The molecule has 86 valence electrons. The lowest BCUT2D eigenvalue weighted by Crippen LogP contribution is -2.44. The van der Waals surface area contributed by atoms with E-state index in [4.69, 9.17) is 0 Å². The van der Waals surface area contributed by atoms with E-state index in [1.165, 1.54) is 18.2 Å². The Morgan fingerprint density at radius 2 is 1.75 bits per heavy atom. The number of halogens is 3. The Hall–Kier alpha value is -2.12. The zero-order chi connectivity index (χ0) is 12.3. The lowest BCUT2D eigenvalue weighted by molar-refractivity contribution is -0.486. The standard InChI is InChI=1S/C8H5F3N2O3/c9-8(10,11)7(14)12(13(15)16)6-4-2-1-3-5-6/h1-5H. The van der Waals surface area contributed by atoms with Crippen LogP contribution >= 0.6 is 0 Å². The summed E-state index contributed by atoms with van der Waals surface area (Å²) in [6, 6.07) is 6.10.